The van der Waals surface area contributed by atoms with Gasteiger partial charge in [-0.25, -0.2) is 0 Å². The smallest absolute Gasteiger partial charge is 0.189 e. The normalized spacial score (nSPS) is 11.8. The summed E-state index contributed by atoms with van der Waals surface area (Å²) in [6.45, 7) is 1.76. The molecular weight excluding hydrogens is 472 g/mol. The Morgan fingerprint density at radius 3 is 2.19 bits per heavy atom. The predicted molar refractivity (Wildman–Crippen MR) is 142 cm³/mol. The van der Waals surface area contributed by atoms with Gasteiger partial charge in [-0.15, -0.1) is 0 Å². The fourth-order valence-corrected chi connectivity index (χ4v) is 3.54. The molecule has 0 saturated carbocycles. The van der Waals surface area contributed by atoms with Gasteiger partial charge in [-0.3, -0.25) is 9.59 Å². The number of benzene rings is 3. The average molecular weight is 501 g/mol. The highest BCUT2D eigenvalue weighted by Crippen LogP contribution is 2.32. The number of allylic oxidation sites excluding steroid dienone is 4. The first-order valence-corrected chi connectivity index (χ1v) is 11.5. The van der Waals surface area contributed by atoms with Crippen LogP contribution in [0.25, 0.3) is 12.2 Å². The monoisotopic (exact) mass is 500 g/mol. The Morgan fingerprint density at radius 1 is 0.838 bits per heavy atom. The van der Waals surface area contributed by atoms with Gasteiger partial charge in [0.05, 0.1) is 12.7 Å². The molecule has 0 saturated heterocycles. The van der Waals surface area contributed by atoms with E-state index in [1.807, 2.05) is 0 Å². The number of aromatic hydroxyl groups is 4. The molecule has 0 aliphatic carbocycles. The van der Waals surface area contributed by atoms with Gasteiger partial charge in [0.2, 0.25) is 0 Å². The van der Waals surface area contributed by atoms with Gasteiger partial charge in [0.1, 0.15) is 17.2 Å². The second-order valence-electron chi connectivity index (χ2n) is 8.41. The van der Waals surface area contributed by atoms with E-state index >= 15 is 0 Å². The van der Waals surface area contributed by atoms with Gasteiger partial charge in [-0.2, -0.15) is 0 Å². The van der Waals surface area contributed by atoms with Crippen molar-refractivity contribution in [2.45, 2.75) is 19.8 Å². The van der Waals surface area contributed by atoms with E-state index in [0.29, 0.717) is 16.9 Å². The summed E-state index contributed by atoms with van der Waals surface area (Å²) < 4.78 is 5.06. The molecule has 3 aromatic rings. The SMILES string of the molecule is COc1cc(/C=C/C(=O)C/C(C)=C/Cc2c(O)ccc(C(=O)/C=C/c3ccc(O)cc3)c2O)ccc1O. The Bertz CT molecular complexity index is 1380. The molecule has 7 heteroatoms. The van der Waals surface area contributed by atoms with Gasteiger partial charge in [0, 0.05) is 12.0 Å². The molecule has 0 unspecified atom stereocenters. The zero-order chi connectivity index (χ0) is 26.9. The number of hydrogen-bond acceptors (Lipinski definition) is 7. The quantitative estimate of drug-likeness (QED) is 0.163. The summed E-state index contributed by atoms with van der Waals surface area (Å²) in [6.07, 6.45) is 7.88. The zero-order valence-corrected chi connectivity index (χ0v) is 20.5. The molecule has 3 aromatic carbocycles. The maximum absolute atomic E-state index is 12.6. The van der Waals surface area contributed by atoms with Crippen molar-refractivity contribution in [2.24, 2.45) is 0 Å². The molecule has 0 aromatic heterocycles. The Hall–Kier alpha value is -4.78. The number of methoxy groups -OCH3 is 1. The Morgan fingerprint density at radius 2 is 1.49 bits per heavy atom. The van der Waals surface area contributed by atoms with Crippen LogP contribution < -0.4 is 4.74 Å². The maximum atomic E-state index is 12.6. The number of phenols is 4. The van der Waals surface area contributed by atoms with Gasteiger partial charge < -0.3 is 25.2 Å². The van der Waals surface area contributed by atoms with Crippen LogP contribution in [0.1, 0.15) is 40.4 Å². The Balaban J connectivity index is 1.67. The van der Waals surface area contributed by atoms with Crippen molar-refractivity contribution >= 4 is 23.7 Å². The standard InChI is InChI=1S/C30H28O7/c1-19(17-23(32)11-6-21-8-15-28(35)29(18-21)37-2)3-12-24-27(34)16-13-25(30(24)36)26(33)14-7-20-4-9-22(31)10-5-20/h3-11,13-16,18,31,34-36H,12,17H2,1-2H3/b11-6+,14-7+,19-3+. The number of ketones is 2. The molecule has 0 aliphatic rings. The third-order valence-corrected chi connectivity index (χ3v) is 5.62. The molecule has 3 rings (SSSR count). The van der Waals surface area contributed by atoms with Gasteiger partial charge in [0.15, 0.2) is 23.1 Å². The summed E-state index contributed by atoms with van der Waals surface area (Å²) in [5, 5.41) is 39.9. The highest BCUT2D eigenvalue weighted by molar-refractivity contribution is 6.09. The minimum Gasteiger partial charge on any atom is -0.508 e. The van der Waals surface area contributed by atoms with Crippen LogP contribution in [0.2, 0.25) is 0 Å². The van der Waals surface area contributed by atoms with Crippen LogP contribution >= 0.6 is 0 Å². The molecule has 37 heavy (non-hydrogen) atoms. The topological polar surface area (TPSA) is 124 Å². The van der Waals surface area contributed by atoms with Crippen molar-refractivity contribution in [1.82, 2.24) is 0 Å². The lowest BCUT2D eigenvalue weighted by Crippen LogP contribution is -1.99. The first-order valence-electron chi connectivity index (χ1n) is 11.5. The van der Waals surface area contributed by atoms with E-state index in [4.69, 9.17) is 4.74 Å². The van der Waals surface area contributed by atoms with Gasteiger partial charge >= 0.3 is 0 Å². The highest BCUT2D eigenvalue weighted by Gasteiger charge is 2.15. The lowest BCUT2D eigenvalue weighted by molar-refractivity contribution is -0.113. The van der Waals surface area contributed by atoms with E-state index in [-0.39, 0.29) is 52.7 Å². The first kappa shape index (κ1) is 26.8. The Kier molecular flexibility index (Phi) is 8.89. The molecule has 0 fully saturated rings. The molecule has 0 bridgehead atoms. The van der Waals surface area contributed by atoms with Gasteiger partial charge in [0.25, 0.3) is 0 Å². The molecular formula is C30H28O7. The average Bonchev–Trinajstić information content (AvgIpc) is 2.87. The highest BCUT2D eigenvalue weighted by atomic mass is 16.5. The van der Waals surface area contributed by atoms with Crippen molar-refractivity contribution < 1.29 is 34.8 Å². The number of rotatable bonds is 10. The van der Waals surface area contributed by atoms with Crippen LogP contribution in [0.3, 0.4) is 0 Å². The molecule has 0 radical (unpaired) electrons. The van der Waals surface area contributed by atoms with Gasteiger partial charge in [-0.05, 0) is 73.0 Å². The van der Waals surface area contributed by atoms with Crippen molar-refractivity contribution in [3.8, 4) is 28.7 Å². The van der Waals surface area contributed by atoms with E-state index in [2.05, 4.69) is 0 Å². The maximum Gasteiger partial charge on any atom is 0.189 e. The molecule has 0 heterocycles. The summed E-state index contributed by atoms with van der Waals surface area (Å²) in [4.78, 5) is 25.0. The lowest BCUT2D eigenvalue weighted by atomic mass is 9.99. The summed E-state index contributed by atoms with van der Waals surface area (Å²) in [5.41, 5.74) is 2.34. The summed E-state index contributed by atoms with van der Waals surface area (Å²) in [7, 11) is 1.44. The third-order valence-electron chi connectivity index (χ3n) is 5.62. The zero-order valence-electron chi connectivity index (χ0n) is 20.5. The van der Waals surface area contributed by atoms with Crippen LogP contribution in [0.5, 0.6) is 28.7 Å². The fraction of sp³-hybridized carbons (Fsp3) is 0.133. The minimum absolute atomic E-state index is 0.00962. The number of ether oxygens (including phenoxy) is 1. The van der Waals surface area contributed by atoms with Gasteiger partial charge in [-0.1, -0.05) is 42.0 Å². The number of phenolic OH excluding ortho intramolecular Hbond substituents is 4. The van der Waals surface area contributed by atoms with Crippen LogP contribution in [0, 0.1) is 0 Å². The lowest BCUT2D eigenvalue weighted by Gasteiger charge is -2.09. The second-order valence-corrected chi connectivity index (χ2v) is 8.41. The number of carbonyl (C=O) groups excluding carboxylic acids is 2. The van der Waals surface area contributed by atoms with Crippen LogP contribution in [-0.2, 0) is 11.2 Å². The fourth-order valence-electron chi connectivity index (χ4n) is 3.54. The van der Waals surface area contributed by atoms with E-state index in [1.54, 1.807) is 49.4 Å². The second kappa shape index (κ2) is 12.3. The molecule has 0 atom stereocenters. The Labute approximate surface area is 214 Å². The molecule has 4 N–H and O–H groups in total. The van der Waals surface area contributed by atoms with Crippen molar-refractivity contribution in [3.63, 3.8) is 0 Å². The summed E-state index contributed by atoms with van der Waals surface area (Å²) in [5.74, 6) is -0.651. The van der Waals surface area contributed by atoms with Crippen molar-refractivity contribution in [3.05, 3.63) is 101 Å². The summed E-state index contributed by atoms with van der Waals surface area (Å²) >= 11 is 0. The third kappa shape index (κ3) is 7.35. The predicted octanol–water partition coefficient (Wildman–Crippen LogP) is 5.58. The van der Waals surface area contributed by atoms with Crippen LogP contribution in [0.15, 0.2) is 78.4 Å². The number of hydrogen-bond donors (Lipinski definition) is 4. The van der Waals surface area contributed by atoms with E-state index in [9.17, 15) is 30.0 Å². The van der Waals surface area contributed by atoms with Crippen molar-refractivity contribution in [1.29, 1.82) is 0 Å². The largest absolute Gasteiger partial charge is 0.508 e. The first-order chi connectivity index (χ1) is 17.7. The molecule has 190 valence electrons. The van der Waals surface area contributed by atoms with Crippen molar-refractivity contribution in [2.75, 3.05) is 7.11 Å². The van der Waals surface area contributed by atoms with E-state index in [0.717, 1.165) is 5.57 Å². The van der Waals surface area contributed by atoms with E-state index in [1.165, 1.54) is 49.6 Å². The van der Waals surface area contributed by atoms with Crippen LogP contribution in [-0.4, -0.2) is 39.1 Å². The molecule has 7 nitrogen and oxygen atoms in total. The molecule has 0 amide bonds. The molecule has 0 aliphatic heterocycles. The number of carbonyl (C=O) groups is 2. The minimum atomic E-state index is -0.446. The van der Waals surface area contributed by atoms with Crippen LogP contribution in [0.4, 0.5) is 0 Å². The van der Waals surface area contributed by atoms with E-state index < -0.39 is 5.78 Å². The summed E-state index contributed by atoms with van der Waals surface area (Å²) in [6, 6.07) is 13.7. The molecule has 0 spiro atoms.